The Kier molecular flexibility index (Phi) is 7.89. The van der Waals surface area contributed by atoms with Crippen molar-refractivity contribution in [2.45, 2.75) is 0 Å². The minimum absolute atomic E-state index is 1.10. The Morgan fingerprint density at radius 2 is 0.733 bits per heavy atom. The molecule has 0 spiro atoms. The average molecular weight is 763 g/mol. The number of aromatic nitrogens is 1. The van der Waals surface area contributed by atoms with Gasteiger partial charge in [0.05, 0.1) is 22.4 Å². The van der Waals surface area contributed by atoms with Gasteiger partial charge in [-0.25, -0.2) is 0 Å². The molecule has 1 aromatic heterocycles. The first-order valence-corrected chi connectivity index (χ1v) is 20.7. The normalized spacial score (nSPS) is 11.7. The Morgan fingerprint density at radius 1 is 0.267 bits per heavy atom. The third-order valence-electron chi connectivity index (χ3n) is 12.4. The summed E-state index contributed by atoms with van der Waals surface area (Å²) in [5.41, 5.74) is 11.7. The summed E-state index contributed by atoms with van der Waals surface area (Å²) in [6.07, 6.45) is 0. The molecule has 0 radical (unpaired) electrons. The van der Waals surface area contributed by atoms with Crippen LogP contribution >= 0.6 is 0 Å². The molecule has 2 heteroatoms. The van der Waals surface area contributed by atoms with Crippen LogP contribution in [-0.2, 0) is 0 Å². The van der Waals surface area contributed by atoms with Crippen molar-refractivity contribution in [2.24, 2.45) is 0 Å². The second-order valence-electron chi connectivity index (χ2n) is 15.6. The van der Waals surface area contributed by atoms with Crippen molar-refractivity contribution in [1.82, 2.24) is 4.57 Å². The van der Waals surface area contributed by atoms with Crippen molar-refractivity contribution < 1.29 is 0 Å². The summed E-state index contributed by atoms with van der Waals surface area (Å²) in [7, 11) is 0. The molecule has 1 heterocycles. The van der Waals surface area contributed by atoms with E-state index in [0.717, 1.165) is 22.7 Å². The monoisotopic (exact) mass is 762 g/mol. The quantitative estimate of drug-likeness (QED) is 0.153. The van der Waals surface area contributed by atoms with Gasteiger partial charge in [-0.1, -0.05) is 182 Å². The number of rotatable bonds is 6. The van der Waals surface area contributed by atoms with Gasteiger partial charge in [0.1, 0.15) is 0 Å². The fourth-order valence-electron chi connectivity index (χ4n) is 9.69. The van der Waals surface area contributed by atoms with Crippen LogP contribution < -0.4 is 4.90 Å². The van der Waals surface area contributed by atoms with E-state index in [1.165, 1.54) is 87.1 Å². The Labute approximate surface area is 348 Å². The molecule has 0 fully saturated rings. The van der Waals surface area contributed by atoms with Crippen LogP contribution in [0.2, 0.25) is 0 Å². The van der Waals surface area contributed by atoms with E-state index in [4.69, 9.17) is 0 Å². The Balaban J connectivity index is 1.09. The summed E-state index contributed by atoms with van der Waals surface area (Å²) in [5.74, 6) is 0. The first kappa shape index (κ1) is 34.1. The Hall–Kier alpha value is -7.94. The van der Waals surface area contributed by atoms with Crippen LogP contribution in [0.25, 0.3) is 92.8 Å². The molecule has 0 unspecified atom stereocenters. The molecule has 0 saturated heterocycles. The second-order valence-corrected chi connectivity index (χ2v) is 15.6. The lowest BCUT2D eigenvalue weighted by atomic mass is 9.93. The Bertz CT molecular complexity index is 3510. The summed E-state index contributed by atoms with van der Waals surface area (Å²) in [5, 5.41) is 12.5. The molecule has 12 rings (SSSR count). The summed E-state index contributed by atoms with van der Waals surface area (Å²) in [6.45, 7) is 0. The summed E-state index contributed by atoms with van der Waals surface area (Å²) >= 11 is 0. The standard InChI is InChI=1S/C58H38N2/c1-2-16-39(17-3-1)40-30-32-41(33-31-40)59(42-34-35-49-45-20-5-4-18-43(45)44-19-6-7-22-47(44)54(49)38-42)58-37-36-48(46-21-8-9-23-50(46)58)51-24-10-13-27-55(51)60-56-28-14-11-25-52(56)53-26-12-15-29-57(53)60/h1-38H. The molecule has 280 valence electrons. The molecule has 0 aliphatic heterocycles. The zero-order valence-corrected chi connectivity index (χ0v) is 32.8. The van der Waals surface area contributed by atoms with Crippen molar-refractivity contribution in [3.05, 3.63) is 231 Å². The number of para-hydroxylation sites is 3. The van der Waals surface area contributed by atoms with E-state index >= 15 is 0 Å². The fraction of sp³-hybridized carbons (Fsp3) is 0. The maximum Gasteiger partial charge on any atom is 0.0541 e. The molecular formula is C58H38N2. The van der Waals surface area contributed by atoms with Gasteiger partial charge in [-0.3, -0.25) is 0 Å². The largest absolute Gasteiger partial charge is 0.310 e. The van der Waals surface area contributed by atoms with E-state index < -0.39 is 0 Å². The third kappa shape index (κ3) is 5.35. The molecule has 2 nitrogen and oxygen atoms in total. The van der Waals surface area contributed by atoms with Crippen molar-refractivity contribution in [3.63, 3.8) is 0 Å². The maximum absolute atomic E-state index is 2.45. The number of fused-ring (bicyclic) bond motifs is 10. The van der Waals surface area contributed by atoms with E-state index in [2.05, 4.69) is 240 Å². The molecule has 0 atom stereocenters. The summed E-state index contributed by atoms with van der Waals surface area (Å²) in [4.78, 5) is 2.45. The van der Waals surface area contributed by atoms with Crippen LogP contribution in [-0.4, -0.2) is 4.57 Å². The number of hydrogen-bond donors (Lipinski definition) is 0. The topological polar surface area (TPSA) is 8.17 Å². The lowest BCUT2D eigenvalue weighted by Gasteiger charge is -2.28. The molecule has 60 heavy (non-hydrogen) atoms. The highest BCUT2D eigenvalue weighted by Gasteiger charge is 2.21. The summed E-state index contributed by atoms with van der Waals surface area (Å²) in [6, 6.07) is 84.3. The molecule has 0 N–H and O–H groups in total. The van der Waals surface area contributed by atoms with Crippen molar-refractivity contribution in [2.75, 3.05) is 4.90 Å². The smallest absolute Gasteiger partial charge is 0.0541 e. The number of nitrogens with zero attached hydrogens (tertiary/aromatic N) is 2. The van der Waals surface area contributed by atoms with Gasteiger partial charge in [-0.05, 0) is 103 Å². The molecule has 0 bridgehead atoms. The van der Waals surface area contributed by atoms with Gasteiger partial charge in [0, 0.05) is 33.1 Å². The van der Waals surface area contributed by atoms with Gasteiger partial charge in [-0.2, -0.15) is 0 Å². The van der Waals surface area contributed by atoms with E-state index in [1.807, 2.05) is 0 Å². The molecule has 0 amide bonds. The number of hydrogen-bond acceptors (Lipinski definition) is 1. The molecular weight excluding hydrogens is 725 g/mol. The molecule has 11 aromatic carbocycles. The SMILES string of the molecule is c1ccc(-c2ccc(N(c3ccc4c5ccccc5c5ccccc5c4c3)c3ccc(-c4ccccc4-n4c5ccccc5c5ccccc54)c4ccccc34)cc2)cc1. The lowest BCUT2D eigenvalue weighted by molar-refractivity contribution is 1.18. The zero-order chi connectivity index (χ0) is 39.6. The van der Waals surface area contributed by atoms with Gasteiger partial charge >= 0.3 is 0 Å². The van der Waals surface area contributed by atoms with Crippen LogP contribution in [0.5, 0.6) is 0 Å². The predicted octanol–water partition coefficient (Wildman–Crippen LogP) is 16.2. The first-order chi connectivity index (χ1) is 29.8. The van der Waals surface area contributed by atoms with E-state index in [9.17, 15) is 0 Å². The predicted molar refractivity (Wildman–Crippen MR) is 256 cm³/mol. The molecule has 0 aliphatic carbocycles. The van der Waals surface area contributed by atoms with E-state index in [0.29, 0.717) is 0 Å². The highest BCUT2D eigenvalue weighted by Crippen LogP contribution is 2.46. The van der Waals surface area contributed by atoms with Crippen LogP contribution in [0.1, 0.15) is 0 Å². The van der Waals surface area contributed by atoms with Gasteiger partial charge < -0.3 is 9.47 Å². The Morgan fingerprint density at radius 3 is 1.38 bits per heavy atom. The number of benzene rings is 11. The van der Waals surface area contributed by atoms with E-state index in [1.54, 1.807) is 0 Å². The average Bonchev–Trinajstić information content (AvgIpc) is 3.66. The minimum Gasteiger partial charge on any atom is -0.310 e. The summed E-state index contributed by atoms with van der Waals surface area (Å²) < 4.78 is 2.44. The lowest BCUT2D eigenvalue weighted by Crippen LogP contribution is -2.11. The van der Waals surface area contributed by atoms with Gasteiger partial charge in [0.15, 0.2) is 0 Å². The molecule has 0 saturated carbocycles. The van der Waals surface area contributed by atoms with Crippen molar-refractivity contribution in [1.29, 1.82) is 0 Å². The second kappa shape index (κ2) is 13.9. The molecule has 0 aliphatic rings. The fourth-order valence-corrected chi connectivity index (χ4v) is 9.69. The van der Waals surface area contributed by atoms with Gasteiger partial charge in [0.25, 0.3) is 0 Å². The van der Waals surface area contributed by atoms with Crippen LogP contribution in [0, 0.1) is 0 Å². The van der Waals surface area contributed by atoms with Crippen LogP contribution in [0.3, 0.4) is 0 Å². The van der Waals surface area contributed by atoms with E-state index in [-0.39, 0.29) is 0 Å². The highest BCUT2D eigenvalue weighted by molar-refractivity contribution is 6.26. The molecule has 12 aromatic rings. The number of anilines is 3. The first-order valence-electron chi connectivity index (χ1n) is 20.7. The van der Waals surface area contributed by atoms with Crippen molar-refractivity contribution in [3.8, 4) is 27.9 Å². The highest BCUT2D eigenvalue weighted by atomic mass is 15.1. The van der Waals surface area contributed by atoms with Crippen LogP contribution in [0.4, 0.5) is 17.1 Å². The van der Waals surface area contributed by atoms with Gasteiger partial charge in [0.2, 0.25) is 0 Å². The zero-order valence-electron chi connectivity index (χ0n) is 32.8. The third-order valence-corrected chi connectivity index (χ3v) is 12.4. The maximum atomic E-state index is 2.45. The van der Waals surface area contributed by atoms with Gasteiger partial charge in [-0.15, -0.1) is 0 Å². The van der Waals surface area contributed by atoms with Crippen molar-refractivity contribution >= 4 is 82.0 Å². The van der Waals surface area contributed by atoms with Crippen LogP contribution in [0.15, 0.2) is 231 Å². The minimum atomic E-state index is 1.10.